The Morgan fingerprint density at radius 3 is 2.59 bits per heavy atom. The lowest BCUT2D eigenvalue weighted by atomic mass is 9.75. The van der Waals surface area contributed by atoms with Crippen LogP contribution >= 0.6 is 0 Å². The molecule has 0 amide bonds. The average Bonchev–Trinajstić information content (AvgIpc) is 2.79. The summed E-state index contributed by atoms with van der Waals surface area (Å²) in [5, 5.41) is 9.32. The molecule has 1 N–H and O–H groups in total. The normalized spacial score (nSPS) is 16.8. The van der Waals surface area contributed by atoms with Gasteiger partial charge in [-0.05, 0) is 47.0 Å². The van der Waals surface area contributed by atoms with Gasteiger partial charge < -0.3 is 14.2 Å². The van der Waals surface area contributed by atoms with Crippen LogP contribution in [0.5, 0.6) is 0 Å². The molecule has 1 unspecified atom stereocenters. The molecule has 1 atom stereocenters. The highest BCUT2D eigenvalue weighted by Gasteiger charge is 2.37. The minimum Gasteiger partial charge on any atom is -0.768 e. The van der Waals surface area contributed by atoms with Crippen LogP contribution in [0.25, 0.3) is 0 Å². The first-order valence-electron chi connectivity index (χ1n) is 8.73. The maximum absolute atomic E-state index is 12.9. The Bertz CT molecular complexity index is 958. The number of hydrogen-bond donors (Lipinski definition) is 1. The molecular weight excluding hydrogens is 366 g/mol. The number of aliphatic carboxylic acids is 1. The zero-order chi connectivity index (χ0) is 19.9. The zero-order valence-corrected chi connectivity index (χ0v) is 16.4. The van der Waals surface area contributed by atoms with Crippen molar-refractivity contribution < 1.29 is 23.5 Å². The van der Waals surface area contributed by atoms with Crippen molar-refractivity contribution in [3.63, 3.8) is 0 Å². The standard InChI is InChI=1S/C20H23NO5S/c1-12-14(8-13-6-4-5-7-17(13)27(25)26)19-15(21(12)11-18(23)24)9-20(2,3)10-16(19)22/h4-7H,8-11H2,1-3H3,(H,23,24)(H,25,26)/p-1. The first-order chi connectivity index (χ1) is 12.6. The Morgan fingerprint density at radius 2 is 1.96 bits per heavy atom. The monoisotopic (exact) mass is 388 g/mol. The van der Waals surface area contributed by atoms with Gasteiger partial charge >= 0.3 is 5.97 Å². The first-order valence-corrected chi connectivity index (χ1v) is 9.81. The van der Waals surface area contributed by atoms with E-state index in [0.29, 0.717) is 29.7 Å². The van der Waals surface area contributed by atoms with E-state index in [9.17, 15) is 23.5 Å². The second-order valence-electron chi connectivity index (χ2n) is 7.83. The quantitative estimate of drug-likeness (QED) is 0.794. The maximum atomic E-state index is 12.9. The van der Waals surface area contributed by atoms with Crippen LogP contribution < -0.4 is 0 Å². The third-order valence-corrected chi connectivity index (χ3v) is 5.89. The summed E-state index contributed by atoms with van der Waals surface area (Å²) in [7, 11) is 0. The van der Waals surface area contributed by atoms with Crippen LogP contribution in [0.1, 0.15) is 53.1 Å². The number of Topliss-reactive ketones (excluding diaryl/α,β-unsaturated/α-hetero) is 1. The number of hydrogen-bond acceptors (Lipinski definition) is 4. The fourth-order valence-corrected chi connectivity index (χ4v) is 4.52. The second-order valence-corrected chi connectivity index (χ2v) is 8.73. The van der Waals surface area contributed by atoms with Crippen LogP contribution in [0.15, 0.2) is 29.2 Å². The molecule has 1 aromatic carbocycles. The van der Waals surface area contributed by atoms with E-state index in [1.807, 2.05) is 13.8 Å². The second kappa shape index (κ2) is 7.05. The van der Waals surface area contributed by atoms with Crippen molar-refractivity contribution in [1.82, 2.24) is 4.57 Å². The van der Waals surface area contributed by atoms with E-state index in [1.165, 1.54) is 6.07 Å². The molecule has 6 nitrogen and oxygen atoms in total. The van der Waals surface area contributed by atoms with E-state index in [-0.39, 0.29) is 29.1 Å². The Kier molecular flexibility index (Phi) is 5.10. The lowest BCUT2D eigenvalue weighted by Gasteiger charge is -2.30. The molecule has 0 bridgehead atoms. The number of carbonyl (C=O) groups is 2. The molecule has 0 spiro atoms. The summed E-state index contributed by atoms with van der Waals surface area (Å²) in [6.07, 6.45) is 1.27. The topological polar surface area (TPSA) is 99.4 Å². The van der Waals surface area contributed by atoms with Gasteiger partial charge in [-0.2, -0.15) is 0 Å². The Hall–Kier alpha value is -2.25. The van der Waals surface area contributed by atoms with Gasteiger partial charge in [0.25, 0.3) is 0 Å². The van der Waals surface area contributed by atoms with Gasteiger partial charge in [-0.3, -0.25) is 13.8 Å². The largest absolute Gasteiger partial charge is 0.768 e. The molecule has 0 fully saturated rings. The van der Waals surface area contributed by atoms with E-state index >= 15 is 0 Å². The van der Waals surface area contributed by atoms with E-state index in [2.05, 4.69) is 0 Å². The van der Waals surface area contributed by atoms with Gasteiger partial charge in [0.2, 0.25) is 0 Å². The Labute approximate surface area is 160 Å². The Morgan fingerprint density at radius 1 is 1.30 bits per heavy atom. The fourth-order valence-electron chi connectivity index (χ4n) is 3.98. The predicted octanol–water partition coefficient (Wildman–Crippen LogP) is 2.87. The summed E-state index contributed by atoms with van der Waals surface area (Å²) in [5.74, 6) is -0.983. The number of carboxylic acid groups (broad SMARTS) is 1. The number of carboxylic acids is 1. The maximum Gasteiger partial charge on any atom is 0.323 e. The summed E-state index contributed by atoms with van der Waals surface area (Å²) in [5.41, 5.74) is 3.11. The number of rotatable bonds is 5. The number of aromatic nitrogens is 1. The van der Waals surface area contributed by atoms with E-state index in [4.69, 9.17) is 0 Å². The number of fused-ring (bicyclic) bond motifs is 1. The van der Waals surface area contributed by atoms with Crippen molar-refractivity contribution in [3.8, 4) is 0 Å². The van der Waals surface area contributed by atoms with Crippen LogP contribution in [-0.2, 0) is 35.3 Å². The van der Waals surface area contributed by atoms with E-state index in [1.54, 1.807) is 29.7 Å². The lowest BCUT2D eigenvalue weighted by molar-refractivity contribution is -0.137. The summed E-state index contributed by atoms with van der Waals surface area (Å²) < 4.78 is 24.8. The van der Waals surface area contributed by atoms with Crippen molar-refractivity contribution >= 4 is 22.8 Å². The molecule has 0 aliphatic heterocycles. The molecule has 7 heteroatoms. The highest BCUT2D eigenvalue weighted by atomic mass is 32.2. The zero-order valence-electron chi connectivity index (χ0n) is 15.6. The first kappa shape index (κ1) is 19.5. The number of ketones is 1. The fraction of sp³-hybridized carbons (Fsp3) is 0.400. The van der Waals surface area contributed by atoms with Gasteiger partial charge in [0.05, 0.1) is 0 Å². The molecule has 3 rings (SSSR count). The third kappa shape index (κ3) is 3.75. The third-order valence-electron chi connectivity index (χ3n) is 5.13. The van der Waals surface area contributed by atoms with Crippen LogP contribution in [0.4, 0.5) is 0 Å². The summed E-state index contributed by atoms with van der Waals surface area (Å²) >= 11 is -2.38. The molecule has 1 aliphatic carbocycles. The predicted molar refractivity (Wildman–Crippen MR) is 99.7 cm³/mol. The van der Waals surface area contributed by atoms with Crippen LogP contribution in [0.3, 0.4) is 0 Å². The molecule has 0 saturated heterocycles. The van der Waals surface area contributed by atoms with Crippen molar-refractivity contribution in [1.29, 1.82) is 0 Å². The van der Waals surface area contributed by atoms with Crippen LogP contribution in [0.2, 0.25) is 0 Å². The van der Waals surface area contributed by atoms with Gasteiger partial charge in [-0.1, -0.05) is 32.0 Å². The smallest absolute Gasteiger partial charge is 0.323 e. The molecule has 27 heavy (non-hydrogen) atoms. The summed E-state index contributed by atoms with van der Waals surface area (Å²) in [6.45, 7) is 5.58. The SMILES string of the molecule is Cc1c(Cc2ccccc2S(=O)[O-])c2c(n1CC(=O)O)CC(C)(C)CC2=O. The molecule has 1 heterocycles. The Balaban J connectivity index is 2.17. The average molecular weight is 388 g/mol. The highest BCUT2D eigenvalue weighted by Crippen LogP contribution is 2.39. The summed E-state index contributed by atoms with van der Waals surface area (Å²) in [4.78, 5) is 24.5. The van der Waals surface area contributed by atoms with Gasteiger partial charge in [-0.15, -0.1) is 0 Å². The molecule has 0 saturated carbocycles. The number of carbonyl (C=O) groups excluding carboxylic acids is 1. The molecular formula is C20H22NO5S-. The molecule has 144 valence electrons. The lowest BCUT2D eigenvalue weighted by Crippen LogP contribution is -2.29. The highest BCUT2D eigenvalue weighted by molar-refractivity contribution is 7.79. The van der Waals surface area contributed by atoms with E-state index < -0.39 is 17.0 Å². The summed E-state index contributed by atoms with van der Waals surface area (Å²) in [6, 6.07) is 6.66. The van der Waals surface area contributed by atoms with Crippen LogP contribution in [0, 0.1) is 12.3 Å². The van der Waals surface area contributed by atoms with Gasteiger partial charge in [0.1, 0.15) is 6.54 Å². The van der Waals surface area contributed by atoms with Crippen molar-refractivity contribution in [2.24, 2.45) is 5.41 Å². The van der Waals surface area contributed by atoms with Gasteiger partial charge in [-0.25, -0.2) is 0 Å². The van der Waals surface area contributed by atoms with Crippen LogP contribution in [-0.4, -0.2) is 30.2 Å². The minimum absolute atomic E-state index is 0.00999. The van der Waals surface area contributed by atoms with Crippen molar-refractivity contribution in [2.45, 2.75) is 51.5 Å². The van der Waals surface area contributed by atoms with Gasteiger partial charge in [0, 0.05) is 34.7 Å². The number of benzene rings is 1. The van der Waals surface area contributed by atoms with E-state index in [0.717, 1.165) is 11.3 Å². The van der Waals surface area contributed by atoms with Crippen molar-refractivity contribution in [2.75, 3.05) is 0 Å². The molecule has 1 aromatic heterocycles. The minimum atomic E-state index is -2.38. The molecule has 0 radical (unpaired) electrons. The van der Waals surface area contributed by atoms with Crippen molar-refractivity contribution in [3.05, 3.63) is 52.3 Å². The number of nitrogens with zero attached hydrogens (tertiary/aromatic N) is 1. The molecule has 1 aliphatic rings. The van der Waals surface area contributed by atoms with Gasteiger partial charge in [0.15, 0.2) is 5.78 Å². The molecule has 2 aromatic rings.